The van der Waals surface area contributed by atoms with E-state index in [1.54, 1.807) is 12.1 Å². The maximum atomic E-state index is 8.57. The lowest BCUT2D eigenvalue weighted by Crippen LogP contribution is -2.12. The van der Waals surface area contributed by atoms with Crippen molar-refractivity contribution in [1.29, 1.82) is 0 Å². The predicted molar refractivity (Wildman–Crippen MR) is 78.9 cm³/mol. The Morgan fingerprint density at radius 2 is 1.80 bits per heavy atom. The van der Waals surface area contributed by atoms with E-state index in [0.717, 1.165) is 11.1 Å². The van der Waals surface area contributed by atoms with Gasteiger partial charge in [0.25, 0.3) is 0 Å². The van der Waals surface area contributed by atoms with Crippen molar-refractivity contribution in [3.05, 3.63) is 70.2 Å². The first kappa shape index (κ1) is 14.4. The molecule has 0 aliphatic rings. The van der Waals surface area contributed by atoms with Gasteiger partial charge in [-0.3, -0.25) is 0 Å². The molecule has 3 N–H and O–H groups in total. The molecule has 0 radical (unpaired) electrons. The molecule has 2 aromatic carbocycles. The van der Waals surface area contributed by atoms with Gasteiger partial charge in [-0.05, 0) is 23.3 Å². The van der Waals surface area contributed by atoms with Crippen LogP contribution in [-0.2, 0) is 18.0 Å². The molecule has 0 fully saturated rings. The van der Waals surface area contributed by atoms with Gasteiger partial charge in [-0.1, -0.05) is 53.2 Å². The van der Waals surface area contributed by atoms with Crippen molar-refractivity contribution in [1.82, 2.24) is 0 Å². The van der Waals surface area contributed by atoms with Crippen LogP contribution in [0.25, 0.3) is 0 Å². The Kier molecular flexibility index (Phi) is 4.98. The summed E-state index contributed by atoms with van der Waals surface area (Å²) >= 11 is 5.90. The van der Waals surface area contributed by atoms with Crippen molar-refractivity contribution in [2.75, 3.05) is 0 Å². The quantitative estimate of drug-likeness (QED) is 0.385. The van der Waals surface area contributed by atoms with Crippen LogP contribution in [0.1, 0.15) is 16.7 Å². The standard InChI is InChI=1S/C15H15ClN2O2/c16-14-3-1-2-12(8-14)10-20-9-11-4-6-13(7-5-11)15(17)18-19/h1-8,19H,9-10H2,(H2,17,18). The smallest absolute Gasteiger partial charge is 0.170 e. The second-order valence-electron chi connectivity index (χ2n) is 4.30. The molecule has 0 spiro atoms. The van der Waals surface area contributed by atoms with E-state index < -0.39 is 0 Å². The Morgan fingerprint density at radius 1 is 1.10 bits per heavy atom. The number of hydrogen-bond acceptors (Lipinski definition) is 3. The van der Waals surface area contributed by atoms with Crippen molar-refractivity contribution in [3.63, 3.8) is 0 Å². The molecule has 0 amide bonds. The SMILES string of the molecule is NC(=NO)c1ccc(COCc2cccc(Cl)c2)cc1. The van der Waals surface area contributed by atoms with Gasteiger partial charge in [0, 0.05) is 10.6 Å². The van der Waals surface area contributed by atoms with E-state index in [-0.39, 0.29) is 5.84 Å². The highest BCUT2D eigenvalue weighted by molar-refractivity contribution is 6.30. The lowest BCUT2D eigenvalue weighted by atomic mass is 10.1. The molecule has 0 aromatic heterocycles. The number of nitrogens with zero attached hydrogens (tertiary/aromatic N) is 1. The molecule has 0 saturated carbocycles. The Morgan fingerprint density at radius 3 is 2.45 bits per heavy atom. The monoisotopic (exact) mass is 290 g/mol. The fourth-order valence-electron chi connectivity index (χ4n) is 1.74. The molecule has 20 heavy (non-hydrogen) atoms. The van der Waals surface area contributed by atoms with E-state index in [4.69, 9.17) is 27.3 Å². The van der Waals surface area contributed by atoms with Gasteiger partial charge >= 0.3 is 0 Å². The highest BCUT2D eigenvalue weighted by Crippen LogP contribution is 2.12. The van der Waals surface area contributed by atoms with Crippen molar-refractivity contribution in [2.24, 2.45) is 10.9 Å². The largest absolute Gasteiger partial charge is 0.409 e. The third-order valence-electron chi connectivity index (χ3n) is 2.78. The Bertz CT molecular complexity index is 597. The number of amidine groups is 1. The molecule has 0 aliphatic heterocycles. The average molecular weight is 291 g/mol. The third kappa shape index (κ3) is 3.98. The van der Waals surface area contributed by atoms with E-state index in [0.29, 0.717) is 23.8 Å². The molecule has 2 rings (SSSR count). The summed E-state index contributed by atoms with van der Waals surface area (Å²) in [6.45, 7) is 0.992. The molecule has 4 nitrogen and oxygen atoms in total. The van der Waals surface area contributed by atoms with Gasteiger partial charge < -0.3 is 15.7 Å². The maximum Gasteiger partial charge on any atom is 0.170 e. The second kappa shape index (κ2) is 6.93. The van der Waals surface area contributed by atoms with E-state index in [1.807, 2.05) is 36.4 Å². The zero-order valence-corrected chi connectivity index (χ0v) is 11.5. The van der Waals surface area contributed by atoms with Crippen LogP contribution in [0.3, 0.4) is 0 Å². The van der Waals surface area contributed by atoms with E-state index in [1.165, 1.54) is 0 Å². The second-order valence-corrected chi connectivity index (χ2v) is 4.74. The normalized spacial score (nSPS) is 11.6. The number of benzene rings is 2. The van der Waals surface area contributed by atoms with Crippen molar-refractivity contribution in [2.45, 2.75) is 13.2 Å². The summed E-state index contributed by atoms with van der Waals surface area (Å²) in [4.78, 5) is 0. The summed E-state index contributed by atoms with van der Waals surface area (Å²) in [7, 11) is 0. The van der Waals surface area contributed by atoms with Gasteiger partial charge in [0.05, 0.1) is 13.2 Å². The van der Waals surface area contributed by atoms with Gasteiger partial charge in [0.1, 0.15) is 0 Å². The van der Waals surface area contributed by atoms with Crippen LogP contribution in [0.5, 0.6) is 0 Å². The summed E-state index contributed by atoms with van der Waals surface area (Å²) in [5.41, 5.74) is 8.21. The first-order valence-electron chi connectivity index (χ1n) is 6.08. The van der Waals surface area contributed by atoms with E-state index >= 15 is 0 Å². The minimum atomic E-state index is 0.0939. The lowest BCUT2D eigenvalue weighted by Gasteiger charge is -2.06. The Hall–Kier alpha value is -2.04. The number of nitrogens with two attached hydrogens (primary N) is 1. The molecule has 104 valence electrons. The molecule has 0 bridgehead atoms. The van der Waals surface area contributed by atoms with Crippen LogP contribution >= 0.6 is 11.6 Å². The molecule has 0 unspecified atom stereocenters. The first-order chi connectivity index (χ1) is 9.69. The summed E-state index contributed by atoms with van der Waals surface area (Å²) in [6, 6.07) is 14.9. The zero-order chi connectivity index (χ0) is 14.4. The number of halogens is 1. The summed E-state index contributed by atoms with van der Waals surface area (Å²) in [5.74, 6) is 0.0939. The van der Waals surface area contributed by atoms with Crippen LogP contribution in [0, 0.1) is 0 Å². The minimum absolute atomic E-state index is 0.0939. The fourth-order valence-corrected chi connectivity index (χ4v) is 1.96. The van der Waals surface area contributed by atoms with Crippen molar-refractivity contribution < 1.29 is 9.94 Å². The molecule has 2 aromatic rings. The average Bonchev–Trinajstić information content (AvgIpc) is 2.47. The number of ether oxygens (including phenoxy) is 1. The molecule has 0 atom stereocenters. The molecule has 5 heteroatoms. The Balaban J connectivity index is 1.88. The topological polar surface area (TPSA) is 67.8 Å². The molecular weight excluding hydrogens is 276 g/mol. The minimum Gasteiger partial charge on any atom is -0.409 e. The van der Waals surface area contributed by atoms with Crippen LogP contribution in [0.15, 0.2) is 53.7 Å². The van der Waals surface area contributed by atoms with Gasteiger partial charge in [-0.25, -0.2) is 0 Å². The van der Waals surface area contributed by atoms with Gasteiger partial charge in [-0.15, -0.1) is 0 Å². The van der Waals surface area contributed by atoms with E-state index in [9.17, 15) is 0 Å². The Labute approximate surface area is 122 Å². The number of rotatable bonds is 5. The molecule has 0 saturated heterocycles. The van der Waals surface area contributed by atoms with Crippen LogP contribution in [0.2, 0.25) is 5.02 Å². The summed E-state index contributed by atoms with van der Waals surface area (Å²) in [5, 5.41) is 12.2. The zero-order valence-electron chi connectivity index (χ0n) is 10.8. The fraction of sp³-hybridized carbons (Fsp3) is 0.133. The summed E-state index contributed by atoms with van der Waals surface area (Å²) < 4.78 is 5.62. The molecular formula is C15H15ClN2O2. The van der Waals surface area contributed by atoms with Crippen LogP contribution < -0.4 is 5.73 Å². The third-order valence-corrected chi connectivity index (χ3v) is 3.02. The highest BCUT2D eigenvalue weighted by Gasteiger charge is 2.00. The number of oxime groups is 1. The maximum absolute atomic E-state index is 8.57. The van der Waals surface area contributed by atoms with Crippen molar-refractivity contribution >= 4 is 17.4 Å². The predicted octanol–water partition coefficient (Wildman–Crippen LogP) is 3.15. The van der Waals surface area contributed by atoms with Crippen LogP contribution in [-0.4, -0.2) is 11.0 Å². The van der Waals surface area contributed by atoms with Crippen molar-refractivity contribution in [3.8, 4) is 0 Å². The van der Waals surface area contributed by atoms with Gasteiger partial charge in [0.2, 0.25) is 0 Å². The first-order valence-corrected chi connectivity index (χ1v) is 6.46. The highest BCUT2D eigenvalue weighted by atomic mass is 35.5. The summed E-state index contributed by atoms with van der Waals surface area (Å²) in [6.07, 6.45) is 0. The van der Waals surface area contributed by atoms with E-state index in [2.05, 4.69) is 5.16 Å². The molecule has 0 aliphatic carbocycles. The molecule has 0 heterocycles. The number of hydrogen-bond donors (Lipinski definition) is 2. The lowest BCUT2D eigenvalue weighted by molar-refractivity contribution is 0.107. The van der Waals surface area contributed by atoms with Crippen LogP contribution in [0.4, 0.5) is 0 Å². The van der Waals surface area contributed by atoms with Gasteiger partial charge in [0.15, 0.2) is 5.84 Å². The van der Waals surface area contributed by atoms with Gasteiger partial charge in [-0.2, -0.15) is 0 Å².